The second kappa shape index (κ2) is 9.61. The smallest absolute Gasteiger partial charge is 0.337 e. The first-order valence-electron chi connectivity index (χ1n) is 8.32. The molecule has 24 heavy (non-hydrogen) atoms. The number of hydrogen-bond donors (Lipinski definition) is 0. The number of methoxy groups -OCH3 is 2. The van der Waals surface area contributed by atoms with Gasteiger partial charge in [-0.1, -0.05) is 0 Å². The zero-order valence-electron chi connectivity index (χ0n) is 14.7. The molecule has 134 valence electrons. The Balaban J connectivity index is 2.11. The number of hydrogen-bond acceptors (Lipinski definition) is 6. The number of ether oxygens (including phenoxy) is 4. The topological polar surface area (TPSA) is 57.2 Å². The Morgan fingerprint density at radius 1 is 1.21 bits per heavy atom. The van der Waals surface area contributed by atoms with Gasteiger partial charge in [0, 0.05) is 25.9 Å². The predicted octanol–water partition coefficient (Wildman–Crippen LogP) is 2.47. The van der Waals surface area contributed by atoms with E-state index < -0.39 is 0 Å². The highest BCUT2D eigenvalue weighted by molar-refractivity contribution is 5.89. The van der Waals surface area contributed by atoms with Crippen molar-refractivity contribution in [1.82, 2.24) is 0 Å². The number of nitrogens with zero attached hydrogens (tertiary/aromatic N) is 1. The van der Waals surface area contributed by atoms with E-state index in [1.165, 1.54) is 7.11 Å². The van der Waals surface area contributed by atoms with Gasteiger partial charge < -0.3 is 23.8 Å². The summed E-state index contributed by atoms with van der Waals surface area (Å²) in [5, 5.41) is 0. The van der Waals surface area contributed by atoms with E-state index in [9.17, 15) is 4.79 Å². The van der Waals surface area contributed by atoms with Crippen LogP contribution in [-0.4, -0.2) is 58.9 Å². The third-order valence-corrected chi connectivity index (χ3v) is 4.20. The molecule has 2 atom stereocenters. The Morgan fingerprint density at radius 3 is 2.58 bits per heavy atom. The van der Waals surface area contributed by atoms with E-state index in [1.807, 2.05) is 19.1 Å². The minimum Gasteiger partial charge on any atom is -0.465 e. The SMILES string of the molecule is CCOC1CCC(COCOC)N(c2ccc(C(=O)OC)cc2)C1. The molecule has 0 spiro atoms. The molecule has 0 amide bonds. The summed E-state index contributed by atoms with van der Waals surface area (Å²) in [5.74, 6) is -0.327. The van der Waals surface area contributed by atoms with E-state index in [-0.39, 0.29) is 18.1 Å². The Morgan fingerprint density at radius 2 is 1.96 bits per heavy atom. The number of benzene rings is 1. The third kappa shape index (κ3) is 4.93. The maximum atomic E-state index is 11.6. The van der Waals surface area contributed by atoms with Gasteiger partial charge in [0.15, 0.2) is 0 Å². The predicted molar refractivity (Wildman–Crippen MR) is 91.4 cm³/mol. The number of piperidine rings is 1. The maximum Gasteiger partial charge on any atom is 0.337 e. The molecule has 2 rings (SSSR count). The van der Waals surface area contributed by atoms with Crippen LogP contribution in [0.3, 0.4) is 0 Å². The normalized spacial score (nSPS) is 20.9. The average molecular weight is 337 g/mol. The third-order valence-electron chi connectivity index (χ3n) is 4.20. The molecule has 2 unspecified atom stereocenters. The van der Waals surface area contributed by atoms with Crippen molar-refractivity contribution >= 4 is 11.7 Å². The molecule has 1 aliphatic rings. The Bertz CT molecular complexity index is 505. The van der Waals surface area contributed by atoms with E-state index >= 15 is 0 Å². The van der Waals surface area contributed by atoms with E-state index in [1.54, 1.807) is 19.2 Å². The van der Waals surface area contributed by atoms with Crippen LogP contribution in [0.25, 0.3) is 0 Å². The van der Waals surface area contributed by atoms with Crippen LogP contribution in [0.15, 0.2) is 24.3 Å². The molecule has 1 saturated heterocycles. The zero-order chi connectivity index (χ0) is 17.4. The van der Waals surface area contributed by atoms with Gasteiger partial charge >= 0.3 is 5.97 Å². The van der Waals surface area contributed by atoms with E-state index in [2.05, 4.69) is 4.90 Å². The van der Waals surface area contributed by atoms with Gasteiger partial charge in [0.2, 0.25) is 0 Å². The molecule has 6 nitrogen and oxygen atoms in total. The first-order chi connectivity index (χ1) is 11.7. The van der Waals surface area contributed by atoms with Gasteiger partial charge in [0.25, 0.3) is 0 Å². The Labute approximate surface area is 143 Å². The summed E-state index contributed by atoms with van der Waals surface area (Å²) < 4.78 is 21.1. The fraction of sp³-hybridized carbons (Fsp3) is 0.611. The second-order valence-corrected chi connectivity index (χ2v) is 5.78. The number of carbonyl (C=O) groups is 1. The van der Waals surface area contributed by atoms with E-state index in [0.717, 1.165) is 25.1 Å². The Hall–Kier alpha value is -1.63. The summed E-state index contributed by atoms with van der Waals surface area (Å²) in [6.45, 7) is 4.44. The molecule has 0 saturated carbocycles. The molecule has 0 aromatic heterocycles. The van der Waals surface area contributed by atoms with Crippen molar-refractivity contribution < 1.29 is 23.7 Å². The second-order valence-electron chi connectivity index (χ2n) is 5.78. The molecular weight excluding hydrogens is 310 g/mol. The standard InChI is InChI=1S/C18H27NO5/c1-4-24-17-10-9-16(12-23-13-21-2)19(11-17)15-7-5-14(6-8-15)18(20)22-3/h5-8,16-17H,4,9-13H2,1-3H3. The van der Waals surface area contributed by atoms with Crippen LogP contribution in [0.1, 0.15) is 30.1 Å². The molecule has 1 aliphatic heterocycles. The van der Waals surface area contributed by atoms with Crippen molar-refractivity contribution in [3.8, 4) is 0 Å². The first kappa shape index (κ1) is 18.7. The number of rotatable bonds is 8. The highest BCUT2D eigenvalue weighted by atomic mass is 16.7. The molecule has 0 bridgehead atoms. The summed E-state index contributed by atoms with van der Waals surface area (Å²) in [6.07, 6.45) is 2.23. The van der Waals surface area contributed by atoms with Crippen LogP contribution in [0.4, 0.5) is 5.69 Å². The van der Waals surface area contributed by atoms with E-state index in [4.69, 9.17) is 18.9 Å². The van der Waals surface area contributed by atoms with Crippen LogP contribution in [0.2, 0.25) is 0 Å². The highest BCUT2D eigenvalue weighted by Gasteiger charge is 2.29. The van der Waals surface area contributed by atoms with Crippen molar-refractivity contribution in [2.24, 2.45) is 0 Å². The monoisotopic (exact) mass is 337 g/mol. The lowest BCUT2D eigenvalue weighted by molar-refractivity contribution is -0.0416. The van der Waals surface area contributed by atoms with Crippen molar-refractivity contribution in [3.63, 3.8) is 0 Å². The summed E-state index contributed by atoms with van der Waals surface area (Å²) in [5.41, 5.74) is 1.60. The first-order valence-corrected chi connectivity index (χ1v) is 8.32. The zero-order valence-corrected chi connectivity index (χ0v) is 14.7. The minimum atomic E-state index is -0.327. The van der Waals surface area contributed by atoms with Gasteiger partial charge in [0.05, 0.1) is 31.4 Å². The lowest BCUT2D eigenvalue weighted by atomic mass is 9.99. The highest BCUT2D eigenvalue weighted by Crippen LogP contribution is 2.27. The fourth-order valence-electron chi connectivity index (χ4n) is 3.03. The summed E-state index contributed by atoms with van der Waals surface area (Å²) >= 11 is 0. The maximum absolute atomic E-state index is 11.6. The van der Waals surface area contributed by atoms with Gasteiger partial charge in [-0.05, 0) is 44.0 Å². The van der Waals surface area contributed by atoms with Crippen molar-refractivity contribution in [2.75, 3.05) is 45.7 Å². The van der Waals surface area contributed by atoms with Crippen molar-refractivity contribution in [1.29, 1.82) is 0 Å². The summed E-state index contributed by atoms with van der Waals surface area (Å²) in [4.78, 5) is 13.9. The summed E-state index contributed by atoms with van der Waals surface area (Å²) in [7, 11) is 3.01. The average Bonchev–Trinajstić information content (AvgIpc) is 2.62. The lowest BCUT2D eigenvalue weighted by Gasteiger charge is -2.41. The molecule has 0 radical (unpaired) electrons. The molecule has 0 aliphatic carbocycles. The number of anilines is 1. The van der Waals surface area contributed by atoms with Gasteiger partial charge in [-0.2, -0.15) is 0 Å². The molecule has 1 heterocycles. The van der Waals surface area contributed by atoms with Crippen LogP contribution in [-0.2, 0) is 18.9 Å². The molecule has 6 heteroatoms. The van der Waals surface area contributed by atoms with Crippen LogP contribution in [0.5, 0.6) is 0 Å². The van der Waals surface area contributed by atoms with Gasteiger partial charge in [-0.3, -0.25) is 0 Å². The minimum absolute atomic E-state index is 0.217. The quantitative estimate of drug-likeness (QED) is 0.413. The number of carbonyl (C=O) groups excluding carboxylic acids is 1. The largest absolute Gasteiger partial charge is 0.465 e. The van der Waals surface area contributed by atoms with Gasteiger partial charge in [-0.15, -0.1) is 0 Å². The van der Waals surface area contributed by atoms with Crippen molar-refractivity contribution in [2.45, 2.75) is 31.9 Å². The van der Waals surface area contributed by atoms with Crippen molar-refractivity contribution in [3.05, 3.63) is 29.8 Å². The van der Waals surface area contributed by atoms with Crippen LogP contribution < -0.4 is 4.90 Å². The molecular formula is C18H27NO5. The van der Waals surface area contributed by atoms with E-state index in [0.29, 0.717) is 25.6 Å². The van der Waals surface area contributed by atoms with Crippen LogP contribution >= 0.6 is 0 Å². The molecule has 1 fully saturated rings. The lowest BCUT2D eigenvalue weighted by Crippen LogP contribution is -2.48. The van der Waals surface area contributed by atoms with Gasteiger partial charge in [-0.25, -0.2) is 4.79 Å². The Kier molecular flexibility index (Phi) is 7.49. The van der Waals surface area contributed by atoms with Crippen LogP contribution in [0, 0.1) is 0 Å². The van der Waals surface area contributed by atoms with Gasteiger partial charge in [0.1, 0.15) is 6.79 Å². The number of esters is 1. The molecule has 0 N–H and O–H groups in total. The molecule has 1 aromatic rings. The fourth-order valence-corrected chi connectivity index (χ4v) is 3.03. The summed E-state index contributed by atoms with van der Waals surface area (Å²) in [6, 6.07) is 7.74. The molecule has 1 aromatic carbocycles.